The quantitative estimate of drug-likeness (QED) is 0.711. The van der Waals surface area contributed by atoms with E-state index >= 15 is 0 Å². The van der Waals surface area contributed by atoms with Crippen LogP contribution in [0, 0.1) is 5.41 Å². The van der Waals surface area contributed by atoms with Gasteiger partial charge in [-0.15, -0.1) is 0 Å². The Morgan fingerprint density at radius 2 is 1.75 bits per heavy atom. The maximum absolute atomic E-state index is 10.3. The van der Waals surface area contributed by atoms with E-state index in [0.29, 0.717) is 10.2 Å². The fourth-order valence-electron chi connectivity index (χ4n) is 1.00. The van der Waals surface area contributed by atoms with Crippen molar-refractivity contribution in [3.05, 3.63) is 0 Å². The zero-order chi connectivity index (χ0) is 9.61. The SMILES string of the molecule is CC(C)(C)CCCC[CH2][Pt](=[O])[O-]. The van der Waals surface area contributed by atoms with Gasteiger partial charge in [-0.2, -0.15) is 0 Å². The van der Waals surface area contributed by atoms with Crippen molar-refractivity contribution in [2.75, 3.05) is 0 Å². The monoisotopic (exact) mass is 354 g/mol. The predicted molar refractivity (Wildman–Crippen MR) is 43.4 cm³/mol. The van der Waals surface area contributed by atoms with Crippen molar-refractivity contribution in [2.24, 2.45) is 5.41 Å². The average molecular weight is 354 g/mol. The van der Waals surface area contributed by atoms with E-state index in [1.807, 2.05) is 0 Å². The van der Waals surface area contributed by atoms with E-state index in [-0.39, 0.29) is 0 Å². The molecule has 0 amide bonds. The molecule has 0 rings (SSSR count). The van der Waals surface area contributed by atoms with Crippen LogP contribution in [-0.4, -0.2) is 0 Å². The van der Waals surface area contributed by atoms with E-state index in [2.05, 4.69) is 20.8 Å². The molecule has 0 unspecified atom stereocenters. The molecule has 0 bridgehead atoms. The second kappa shape index (κ2) is 5.99. The van der Waals surface area contributed by atoms with Crippen LogP contribution < -0.4 is 3.76 Å². The van der Waals surface area contributed by atoms with Crippen molar-refractivity contribution in [3.8, 4) is 0 Å². The van der Waals surface area contributed by atoms with Crippen LogP contribution in [0.15, 0.2) is 0 Å². The zero-order valence-corrected chi connectivity index (χ0v) is 10.4. The molecule has 0 aromatic heterocycles. The Morgan fingerprint density at radius 1 is 1.17 bits per heavy atom. The van der Waals surface area contributed by atoms with Crippen LogP contribution in [0.1, 0.15) is 46.5 Å². The molecule has 0 fully saturated rings. The minimum atomic E-state index is -2.91. The van der Waals surface area contributed by atoms with Crippen molar-refractivity contribution in [3.63, 3.8) is 0 Å². The molecule has 0 aliphatic heterocycles. The molecule has 78 valence electrons. The zero-order valence-electron chi connectivity index (χ0n) is 8.17. The maximum atomic E-state index is 10.3. The summed E-state index contributed by atoms with van der Waals surface area (Å²) in [5.74, 6) is 0. The third-order valence-electron chi connectivity index (χ3n) is 1.67. The van der Waals surface area contributed by atoms with Gasteiger partial charge in [-0.3, -0.25) is 0 Å². The Labute approximate surface area is 81.7 Å². The topological polar surface area (TPSA) is 40.1 Å². The van der Waals surface area contributed by atoms with Crippen LogP contribution in [0.25, 0.3) is 0 Å². The summed E-state index contributed by atoms with van der Waals surface area (Å²) in [4.78, 5) is 0.453. The first-order valence-corrected chi connectivity index (χ1v) is 7.80. The molecular weight excluding hydrogens is 335 g/mol. The summed E-state index contributed by atoms with van der Waals surface area (Å²) in [5, 5.41) is 0. The molecule has 3 heteroatoms. The van der Waals surface area contributed by atoms with Gasteiger partial charge in [0.05, 0.1) is 0 Å². The van der Waals surface area contributed by atoms with Crippen molar-refractivity contribution in [2.45, 2.75) is 51.3 Å². The molecule has 0 heterocycles. The third kappa shape index (κ3) is 10.4. The van der Waals surface area contributed by atoms with Crippen LogP contribution in [0.5, 0.6) is 0 Å². The number of rotatable bonds is 5. The Balaban J connectivity index is 3.17. The van der Waals surface area contributed by atoms with E-state index in [1.54, 1.807) is 0 Å². The second-order valence-electron chi connectivity index (χ2n) is 4.26. The molecule has 12 heavy (non-hydrogen) atoms. The van der Waals surface area contributed by atoms with Crippen molar-refractivity contribution in [1.29, 1.82) is 0 Å². The van der Waals surface area contributed by atoms with E-state index in [4.69, 9.17) is 0 Å². The molecule has 0 radical (unpaired) electrons. The van der Waals surface area contributed by atoms with Crippen molar-refractivity contribution < 1.29 is 24.8 Å². The Morgan fingerprint density at radius 3 is 2.17 bits per heavy atom. The molecule has 0 aliphatic carbocycles. The fourth-order valence-corrected chi connectivity index (χ4v) is 2.23. The molecule has 0 atom stereocenters. The summed E-state index contributed by atoms with van der Waals surface area (Å²) in [6.07, 6.45) is 4.29. The van der Waals surface area contributed by atoms with Crippen LogP contribution >= 0.6 is 0 Å². The van der Waals surface area contributed by atoms with E-state index in [9.17, 15) is 7.16 Å². The van der Waals surface area contributed by atoms with Crippen molar-refractivity contribution in [1.82, 2.24) is 0 Å². The van der Waals surface area contributed by atoms with Gasteiger partial charge >= 0.3 is 81.5 Å². The van der Waals surface area contributed by atoms with Gasteiger partial charge in [0.2, 0.25) is 0 Å². The summed E-state index contributed by atoms with van der Waals surface area (Å²) in [6.45, 7) is 6.65. The second-order valence-corrected chi connectivity index (χ2v) is 7.09. The third-order valence-corrected chi connectivity index (χ3v) is 3.40. The standard InChI is InChI=1S/C9H19.2O.Pt/c1-5-6-7-8-9(2,3)4;;;/h1,5-8H2,2-4H3;;;/q;;-1;. The van der Waals surface area contributed by atoms with Crippen LogP contribution in [-0.2, 0) is 21.1 Å². The van der Waals surface area contributed by atoms with E-state index < -0.39 is 17.7 Å². The summed E-state index contributed by atoms with van der Waals surface area (Å²) < 4.78 is 20.6. The first-order chi connectivity index (χ1) is 5.42. The van der Waals surface area contributed by atoms with E-state index in [1.165, 1.54) is 6.42 Å². The van der Waals surface area contributed by atoms with E-state index in [0.717, 1.165) is 19.3 Å². The number of hydrogen-bond donors (Lipinski definition) is 0. The first kappa shape index (κ1) is 12.4. The Bertz CT molecular complexity index is 138. The molecule has 0 saturated heterocycles. The Kier molecular flexibility index (Phi) is 6.21. The van der Waals surface area contributed by atoms with Crippen molar-refractivity contribution >= 4 is 0 Å². The molecule has 0 spiro atoms. The molecule has 0 aromatic rings. The van der Waals surface area contributed by atoms with Gasteiger partial charge in [0, 0.05) is 0 Å². The van der Waals surface area contributed by atoms with Gasteiger partial charge in [0.25, 0.3) is 0 Å². The average Bonchev–Trinajstić information content (AvgIpc) is 1.83. The normalized spacial score (nSPS) is 13.2. The number of hydrogen-bond acceptors (Lipinski definition) is 2. The molecule has 0 N–H and O–H groups in total. The fraction of sp³-hybridized carbons (Fsp3) is 1.00. The summed E-state index contributed by atoms with van der Waals surface area (Å²) in [6, 6.07) is 0. The summed E-state index contributed by atoms with van der Waals surface area (Å²) >= 11 is -2.91. The van der Waals surface area contributed by atoms with Gasteiger partial charge in [0.15, 0.2) is 0 Å². The van der Waals surface area contributed by atoms with Crippen LogP contribution in [0.3, 0.4) is 0 Å². The molecule has 0 aromatic carbocycles. The van der Waals surface area contributed by atoms with Gasteiger partial charge in [-0.05, 0) is 0 Å². The predicted octanol–water partition coefficient (Wildman–Crippen LogP) is 2.25. The molecule has 0 aliphatic rings. The van der Waals surface area contributed by atoms with Gasteiger partial charge in [0.1, 0.15) is 0 Å². The molecule has 0 saturated carbocycles. The van der Waals surface area contributed by atoms with Crippen LogP contribution in [0.2, 0.25) is 4.81 Å². The number of unbranched alkanes of at least 4 members (excludes halogenated alkanes) is 2. The van der Waals surface area contributed by atoms with Gasteiger partial charge in [-0.1, -0.05) is 0 Å². The van der Waals surface area contributed by atoms with Crippen LogP contribution in [0.4, 0.5) is 0 Å². The molecule has 2 nitrogen and oxygen atoms in total. The van der Waals surface area contributed by atoms with Gasteiger partial charge < -0.3 is 0 Å². The van der Waals surface area contributed by atoms with Gasteiger partial charge in [-0.25, -0.2) is 0 Å². The Hall–Kier alpha value is 0.448. The summed E-state index contributed by atoms with van der Waals surface area (Å²) in [5.41, 5.74) is 0.396. The molecular formula is C9H19O2Pt-. The minimum absolute atomic E-state index is 0.396. The summed E-state index contributed by atoms with van der Waals surface area (Å²) in [7, 11) is 0. The first-order valence-electron chi connectivity index (χ1n) is 4.34.